The normalized spacial score (nSPS) is 10.3. The molecule has 0 aliphatic heterocycles. The highest BCUT2D eigenvalue weighted by molar-refractivity contribution is 6.42. The molecule has 3 nitrogen and oxygen atoms in total. The van der Waals surface area contributed by atoms with Crippen LogP contribution in [0.3, 0.4) is 0 Å². The van der Waals surface area contributed by atoms with Crippen LogP contribution in [0.2, 0.25) is 10.0 Å². The topological polar surface area (TPSA) is 49.3 Å². The molecule has 0 atom stereocenters. The van der Waals surface area contributed by atoms with Crippen molar-refractivity contribution in [2.24, 2.45) is 0 Å². The maximum Gasteiger partial charge on any atom is 0.255 e. The van der Waals surface area contributed by atoms with Gasteiger partial charge in [-0.25, -0.2) is 4.39 Å². The standard InChI is InChI=1S/C13H8Cl2FNO2/c14-9-3-1-7(5-10(9)15)13(19)17-12-4-2-8(18)6-11(12)16/h1-6,18H,(H,17,19). The number of hydrogen-bond donors (Lipinski definition) is 2. The van der Waals surface area contributed by atoms with E-state index in [1.165, 1.54) is 30.3 Å². The fraction of sp³-hybridized carbons (Fsp3) is 0. The molecule has 0 aromatic heterocycles. The summed E-state index contributed by atoms with van der Waals surface area (Å²) in [7, 11) is 0. The van der Waals surface area contributed by atoms with Gasteiger partial charge in [-0.1, -0.05) is 23.2 Å². The summed E-state index contributed by atoms with van der Waals surface area (Å²) in [6.45, 7) is 0. The molecule has 0 saturated heterocycles. The number of phenolic OH excluding ortho intramolecular Hbond substituents is 1. The van der Waals surface area contributed by atoms with Crippen LogP contribution in [0.1, 0.15) is 10.4 Å². The first-order chi connectivity index (χ1) is 8.97. The van der Waals surface area contributed by atoms with Gasteiger partial charge in [0.1, 0.15) is 11.6 Å². The number of nitrogens with one attached hydrogen (secondary N) is 1. The van der Waals surface area contributed by atoms with E-state index in [2.05, 4.69) is 5.32 Å². The number of hydrogen-bond acceptors (Lipinski definition) is 2. The Labute approximate surface area is 118 Å². The van der Waals surface area contributed by atoms with Gasteiger partial charge < -0.3 is 10.4 Å². The summed E-state index contributed by atoms with van der Waals surface area (Å²) in [6.07, 6.45) is 0. The van der Waals surface area contributed by atoms with Crippen LogP contribution in [0.4, 0.5) is 10.1 Å². The molecule has 2 aromatic carbocycles. The van der Waals surface area contributed by atoms with E-state index in [-0.39, 0.29) is 22.0 Å². The van der Waals surface area contributed by atoms with Crippen LogP contribution < -0.4 is 5.32 Å². The molecule has 0 aliphatic rings. The average Bonchev–Trinajstić information content (AvgIpc) is 2.36. The molecular formula is C13H8Cl2FNO2. The number of phenols is 1. The van der Waals surface area contributed by atoms with Gasteiger partial charge in [0.15, 0.2) is 0 Å². The third-order valence-corrected chi connectivity index (χ3v) is 3.12. The van der Waals surface area contributed by atoms with Gasteiger partial charge in [-0.2, -0.15) is 0 Å². The summed E-state index contributed by atoms with van der Waals surface area (Å²) in [5, 5.41) is 12.0. The smallest absolute Gasteiger partial charge is 0.255 e. The number of rotatable bonds is 2. The highest BCUT2D eigenvalue weighted by Crippen LogP contribution is 2.24. The fourth-order valence-electron chi connectivity index (χ4n) is 1.44. The van der Waals surface area contributed by atoms with Gasteiger partial charge in [-0.15, -0.1) is 0 Å². The lowest BCUT2D eigenvalue weighted by molar-refractivity contribution is 0.102. The Bertz CT molecular complexity index is 647. The molecule has 19 heavy (non-hydrogen) atoms. The van der Waals surface area contributed by atoms with Gasteiger partial charge in [-0.3, -0.25) is 4.79 Å². The van der Waals surface area contributed by atoms with Crippen molar-refractivity contribution < 1.29 is 14.3 Å². The Balaban J connectivity index is 2.23. The van der Waals surface area contributed by atoms with Crippen molar-refractivity contribution in [2.45, 2.75) is 0 Å². The molecule has 2 aromatic rings. The zero-order valence-corrected chi connectivity index (χ0v) is 11.0. The Morgan fingerprint density at radius 2 is 1.84 bits per heavy atom. The van der Waals surface area contributed by atoms with E-state index < -0.39 is 11.7 Å². The first-order valence-electron chi connectivity index (χ1n) is 5.22. The zero-order chi connectivity index (χ0) is 14.0. The van der Waals surface area contributed by atoms with Crippen LogP contribution in [-0.4, -0.2) is 11.0 Å². The molecule has 2 rings (SSSR count). The Morgan fingerprint density at radius 3 is 2.47 bits per heavy atom. The molecule has 0 heterocycles. The van der Waals surface area contributed by atoms with Crippen molar-refractivity contribution in [3.05, 3.63) is 57.8 Å². The predicted molar refractivity (Wildman–Crippen MR) is 72.5 cm³/mol. The molecular weight excluding hydrogens is 292 g/mol. The van der Waals surface area contributed by atoms with E-state index >= 15 is 0 Å². The first-order valence-corrected chi connectivity index (χ1v) is 5.98. The maximum absolute atomic E-state index is 13.4. The van der Waals surface area contributed by atoms with E-state index in [0.717, 1.165) is 6.07 Å². The highest BCUT2D eigenvalue weighted by Gasteiger charge is 2.11. The fourth-order valence-corrected chi connectivity index (χ4v) is 1.74. The van der Waals surface area contributed by atoms with E-state index in [4.69, 9.17) is 28.3 Å². The second kappa shape index (κ2) is 5.47. The lowest BCUT2D eigenvalue weighted by Crippen LogP contribution is -2.12. The summed E-state index contributed by atoms with van der Waals surface area (Å²) in [5.74, 6) is -1.47. The minimum Gasteiger partial charge on any atom is -0.508 e. The van der Waals surface area contributed by atoms with Gasteiger partial charge in [0, 0.05) is 11.6 Å². The number of aromatic hydroxyl groups is 1. The predicted octanol–water partition coefficient (Wildman–Crippen LogP) is 4.09. The zero-order valence-electron chi connectivity index (χ0n) is 9.45. The average molecular weight is 300 g/mol. The van der Waals surface area contributed by atoms with Gasteiger partial charge in [0.25, 0.3) is 5.91 Å². The summed E-state index contributed by atoms with van der Waals surface area (Å²) in [6, 6.07) is 7.78. The monoisotopic (exact) mass is 299 g/mol. The van der Waals surface area contributed by atoms with Crippen LogP contribution >= 0.6 is 23.2 Å². The lowest BCUT2D eigenvalue weighted by Gasteiger charge is -2.07. The van der Waals surface area contributed by atoms with E-state index in [1.807, 2.05) is 0 Å². The minimum absolute atomic E-state index is 0.0335. The van der Waals surface area contributed by atoms with Crippen molar-refractivity contribution in [1.29, 1.82) is 0 Å². The summed E-state index contributed by atoms with van der Waals surface area (Å²) >= 11 is 11.5. The molecule has 6 heteroatoms. The number of halogens is 3. The molecule has 0 radical (unpaired) electrons. The largest absolute Gasteiger partial charge is 0.508 e. The molecule has 98 valence electrons. The Hall–Kier alpha value is -1.78. The third kappa shape index (κ3) is 3.16. The van der Waals surface area contributed by atoms with Crippen molar-refractivity contribution in [3.63, 3.8) is 0 Å². The minimum atomic E-state index is -0.728. The maximum atomic E-state index is 13.4. The van der Waals surface area contributed by atoms with Gasteiger partial charge in [-0.05, 0) is 30.3 Å². The molecule has 0 bridgehead atoms. The van der Waals surface area contributed by atoms with Crippen LogP contribution in [0.5, 0.6) is 5.75 Å². The second-order valence-corrected chi connectivity index (χ2v) is 4.56. The molecule has 1 amide bonds. The molecule has 0 saturated carbocycles. The number of carbonyl (C=O) groups is 1. The summed E-state index contributed by atoms with van der Waals surface area (Å²) in [4.78, 5) is 11.9. The quantitative estimate of drug-likeness (QED) is 0.821. The molecule has 0 spiro atoms. The van der Waals surface area contributed by atoms with E-state index in [9.17, 15) is 9.18 Å². The number of carbonyl (C=O) groups excluding carboxylic acids is 1. The highest BCUT2D eigenvalue weighted by atomic mass is 35.5. The molecule has 2 N–H and O–H groups in total. The SMILES string of the molecule is O=C(Nc1ccc(O)cc1F)c1ccc(Cl)c(Cl)c1. The Kier molecular flexibility index (Phi) is 3.93. The van der Waals surface area contributed by atoms with Crippen molar-refractivity contribution in [1.82, 2.24) is 0 Å². The van der Waals surface area contributed by atoms with E-state index in [0.29, 0.717) is 5.02 Å². The van der Waals surface area contributed by atoms with Crippen LogP contribution in [-0.2, 0) is 0 Å². The van der Waals surface area contributed by atoms with Gasteiger partial charge in [0.2, 0.25) is 0 Å². The summed E-state index contributed by atoms with van der Waals surface area (Å²) < 4.78 is 13.4. The van der Waals surface area contributed by atoms with Crippen LogP contribution in [0.15, 0.2) is 36.4 Å². The van der Waals surface area contributed by atoms with Crippen molar-refractivity contribution >= 4 is 34.8 Å². The van der Waals surface area contributed by atoms with Crippen molar-refractivity contribution in [2.75, 3.05) is 5.32 Å². The molecule has 0 fully saturated rings. The number of amides is 1. The number of benzene rings is 2. The third-order valence-electron chi connectivity index (χ3n) is 2.38. The van der Waals surface area contributed by atoms with E-state index in [1.54, 1.807) is 0 Å². The van der Waals surface area contributed by atoms with Gasteiger partial charge >= 0.3 is 0 Å². The molecule has 0 unspecified atom stereocenters. The lowest BCUT2D eigenvalue weighted by atomic mass is 10.2. The van der Waals surface area contributed by atoms with Crippen LogP contribution in [0, 0.1) is 5.82 Å². The Morgan fingerprint density at radius 1 is 1.11 bits per heavy atom. The summed E-state index contributed by atoms with van der Waals surface area (Å²) in [5.41, 5.74) is 0.218. The molecule has 0 aliphatic carbocycles. The van der Waals surface area contributed by atoms with Crippen molar-refractivity contribution in [3.8, 4) is 5.75 Å². The first kappa shape index (κ1) is 13.6. The van der Waals surface area contributed by atoms with Crippen LogP contribution in [0.25, 0.3) is 0 Å². The number of anilines is 1. The van der Waals surface area contributed by atoms with Gasteiger partial charge in [0.05, 0.1) is 15.7 Å². The second-order valence-electron chi connectivity index (χ2n) is 3.75.